The molecule has 0 aliphatic carbocycles. The summed E-state index contributed by atoms with van der Waals surface area (Å²) in [6.45, 7) is 25.1. The second-order valence-corrected chi connectivity index (χ2v) is 12.4. The fourth-order valence-corrected chi connectivity index (χ4v) is 5.02. The number of anilines is 1. The standard InChI is InChI=1S/C24H32N4O2S.C9H6F3N.C4H10.C2H6/c1-8-10-19(25)22-14(3)15(4)26-23(27-22)18-13-17(11-12-20(18)29)28(16(5)31)24(6,7)21(30)9-2;1-6-2-3-7(5-13)8(4-6)9(10,11)12;1-3-4-2;1-2/h11-13,25,29H,4,8-10H2,1-3,5-7H3,(H,26,27);2-4H,1H3;3-4H2,1-2H3;1-2H3. The van der Waals surface area contributed by atoms with Crippen molar-refractivity contribution in [2.24, 2.45) is 4.99 Å². The van der Waals surface area contributed by atoms with E-state index in [1.807, 2.05) is 48.5 Å². The molecule has 0 amide bonds. The van der Waals surface area contributed by atoms with Gasteiger partial charge in [-0.2, -0.15) is 18.4 Å². The van der Waals surface area contributed by atoms with Gasteiger partial charge in [-0.05, 0) is 76.9 Å². The number of ketones is 1. The first-order valence-electron chi connectivity index (χ1n) is 16.9. The Morgan fingerprint density at radius 2 is 1.64 bits per heavy atom. The Morgan fingerprint density at radius 1 is 1.06 bits per heavy atom. The van der Waals surface area contributed by atoms with Crippen LogP contribution in [0.2, 0.25) is 0 Å². The van der Waals surface area contributed by atoms with E-state index >= 15 is 0 Å². The van der Waals surface area contributed by atoms with E-state index in [-0.39, 0.29) is 17.1 Å². The first kappa shape index (κ1) is 45.7. The highest BCUT2D eigenvalue weighted by atomic mass is 32.1. The molecule has 1 aliphatic rings. The van der Waals surface area contributed by atoms with Gasteiger partial charge in [0.2, 0.25) is 0 Å². The van der Waals surface area contributed by atoms with Crippen molar-refractivity contribution >= 4 is 40.2 Å². The maximum atomic E-state index is 12.6. The van der Waals surface area contributed by atoms with Crippen LogP contribution in [-0.4, -0.2) is 33.0 Å². The summed E-state index contributed by atoms with van der Waals surface area (Å²) in [6.07, 6.45) is 0.0215. The first-order chi connectivity index (χ1) is 23.3. The summed E-state index contributed by atoms with van der Waals surface area (Å²) in [7, 11) is 0. The average Bonchev–Trinajstić information content (AvgIpc) is 3.07. The molecule has 7 nitrogen and oxygen atoms in total. The van der Waals surface area contributed by atoms with Gasteiger partial charge in [0.25, 0.3) is 0 Å². The molecule has 0 saturated carbocycles. The van der Waals surface area contributed by atoms with Gasteiger partial charge >= 0.3 is 6.18 Å². The van der Waals surface area contributed by atoms with E-state index in [0.29, 0.717) is 57.6 Å². The number of unbranched alkanes of at least 4 members (excludes halogenated alkanes) is 1. The molecule has 0 saturated heterocycles. The molecule has 0 spiro atoms. The molecule has 0 bridgehead atoms. The van der Waals surface area contributed by atoms with Gasteiger partial charge in [0.05, 0.1) is 44.7 Å². The molecule has 0 radical (unpaired) electrons. The fourth-order valence-electron chi connectivity index (χ4n) is 4.69. The van der Waals surface area contributed by atoms with Crippen LogP contribution in [0.5, 0.6) is 5.75 Å². The average molecular weight is 714 g/mol. The number of aromatic hydroxyl groups is 1. The van der Waals surface area contributed by atoms with Crippen LogP contribution in [0.4, 0.5) is 18.9 Å². The maximum absolute atomic E-state index is 12.6. The molecule has 50 heavy (non-hydrogen) atoms. The molecule has 0 aromatic heterocycles. The molecule has 11 heteroatoms. The Kier molecular flexibility index (Phi) is 19.2. The van der Waals surface area contributed by atoms with Gasteiger partial charge in [0.15, 0.2) is 5.78 Å². The third-order valence-corrected chi connectivity index (χ3v) is 7.74. The monoisotopic (exact) mass is 713 g/mol. The van der Waals surface area contributed by atoms with E-state index in [4.69, 9.17) is 22.9 Å². The minimum Gasteiger partial charge on any atom is -0.507 e. The number of benzene rings is 2. The number of nitriles is 1. The lowest BCUT2D eigenvalue weighted by molar-refractivity contribution is -0.137. The largest absolute Gasteiger partial charge is 0.507 e. The highest BCUT2D eigenvalue weighted by Gasteiger charge is 2.35. The molecule has 3 N–H and O–H groups in total. The van der Waals surface area contributed by atoms with Crippen molar-refractivity contribution in [3.8, 4) is 11.8 Å². The van der Waals surface area contributed by atoms with Crippen LogP contribution in [-0.2, 0) is 11.0 Å². The number of aliphatic imine (C=N–C) groups is 1. The van der Waals surface area contributed by atoms with Gasteiger partial charge in [-0.25, -0.2) is 4.99 Å². The number of amidine groups is 1. The van der Waals surface area contributed by atoms with Crippen LogP contribution in [0, 0.1) is 23.7 Å². The van der Waals surface area contributed by atoms with E-state index in [2.05, 4.69) is 30.7 Å². The van der Waals surface area contributed by atoms with Crippen LogP contribution < -0.4 is 10.2 Å². The van der Waals surface area contributed by atoms with Gasteiger partial charge in [-0.3, -0.25) is 4.79 Å². The van der Waals surface area contributed by atoms with Crippen molar-refractivity contribution in [2.45, 2.75) is 120 Å². The lowest BCUT2D eigenvalue weighted by Crippen LogP contribution is -2.52. The number of thiocarbonyl (C=S) groups is 1. The molecule has 3 rings (SSSR count). The van der Waals surface area contributed by atoms with Gasteiger partial charge in [0.1, 0.15) is 11.6 Å². The van der Waals surface area contributed by atoms with Gasteiger partial charge in [0, 0.05) is 17.8 Å². The van der Waals surface area contributed by atoms with Gasteiger partial charge in [-0.1, -0.05) is 91.2 Å². The van der Waals surface area contributed by atoms with Gasteiger partial charge in [-0.15, -0.1) is 0 Å². The van der Waals surface area contributed by atoms with Crippen molar-refractivity contribution in [2.75, 3.05) is 4.90 Å². The number of phenols is 1. The number of nitrogens with zero attached hydrogens (tertiary/aromatic N) is 3. The molecular formula is C39H54F3N5O2S. The smallest absolute Gasteiger partial charge is 0.417 e. The lowest BCUT2D eigenvalue weighted by atomic mass is 9.93. The summed E-state index contributed by atoms with van der Waals surface area (Å²) in [5, 5.41) is 30.5. The number of alkyl halides is 3. The SMILES string of the molecule is C=C1NC(c2cc(N(C(C)=S)C(C)(C)C(=O)CC)ccc2O)=NC(C(=N)CCC)=C1C.CC.CCCC.Cc1ccc(C#N)c(C(F)(F)F)c1. The van der Waals surface area contributed by atoms with E-state index in [1.165, 1.54) is 31.0 Å². The predicted molar refractivity (Wildman–Crippen MR) is 205 cm³/mol. The van der Waals surface area contributed by atoms with Crippen LogP contribution in [0.25, 0.3) is 0 Å². The summed E-state index contributed by atoms with van der Waals surface area (Å²) in [4.78, 5) is 19.6. The molecule has 274 valence electrons. The number of Topliss-reactive ketones (excluding diaryl/α,β-unsaturated/α-hetero) is 1. The number of phenolic OH excluding ortho intramolecular Hbond substituents is 1. The number of nitrogens with one attached hydrogen (secondary N) is 2. The number of allylic oxidation sites excluding steroid dienone is 2. The first-order valence-corrected chi connectivity index (χ1v) is 17.3. The number of carbonyl (C=O) groups excluding carboxylic acids is 1. The summed E-state index contributed by atoms with van der Waals surface area (Å²) in [5.74, 6) is 0.499. The Hall–Kier alpha value is -4.30. The Morgan fingerprint density at radius 3 is 2.10 bits per heavy atom. The lowest BCUT2D eigenvalue weighted by Gasteiger charge is -2.38. The topological polar surface area (TPSA) is 113 Å². The Balaban J connectivity index is 0.00000104. The molecule has 1 heterocycles. The van der Waals surface area contributed by atoms with Crippen molar-refractivity contribution in [1.82, 2.24) is 5.32 Å². The number of halogens is 3. The van der Waals surface area contributed by atoms with Crippen LogP contribution in [0.1, 0.15) is 124 Å². The molecule has 2 aromatic rings. The van der Waals surface area contributed by atoms with E-state index in [1.54, 1.807) is 36.9 Å². The van der Waals surface area contributed by atoms with Gasteiger partial charge < -0.3 is 20.7 Å². The predicted octanol–water partition coefficient (Wildman–Crippen LogP) is 11.0. The van der Waals surface area contributed by atoms with Crippen LogP contribution in [0.3, 0.4) is 0 Å². The van der Waals surface area contributed by atoms with Crippen molar-refractivity contribution in [3.05, 3.63) is 82.2 Å². The maximum Gasteiger partial charge on any atom is 0.417 e. The second kappa shape index (κ2) is 21.0. The zero-order valence-electron chi connectivity index (χ0n) is 31.4. The number of hydrogen-bond donors (Lipinski definition) is 3. The summed E-state index contributed by atoms with van der Waals surface area (Å²) < 4.78 is 36.8. The van der Waals surface area contributed by atoms with E-state index < -0.39 is 17.3 Å². The third kappa shape index (κ3) is 12.5. The molecule has 2 aromatic carbocycles. The molecule has 0 atom stereocenters. The normalized spacial score (nSPS) is 12.3. The second-order valence-electron chi connectivity index (χ2n) is 11.8. The minimum absolute atomic E-state index is 0.0327. The Bertz CT molecular complexity index is 1620. The van der Waals surface area contributed by atoms with Crippen molar-refractivity contribution < 1.29 is 23.1 Å². The zero-order chi connectivity index (χ0) is 39.0. The molecular weight excluding hydrogens is 660 g/mol. The summed E-state index contributed by atoms with van der Waals surface area (Å²) in [6, 6.07) is 10.2. The quantitative estimate of drug-likeness (QED) is 0.176. The molecule has 1 aliphatic heterocycles. The molecule has 0 fully saturated rings. The minimum atomic E-state index is -4.45. The Labute approximate surface area is 302 Å². The zero-order valence-corrected chi connectivity index (χ0v) is 32.3. The summed E-state index contributed by atoms with van der Waals surface area (Å²) in [5.41, 5.74) is 2.02. The number of rotatable bonds is 9. The molecule has 0 unspecified atom stereocenters. The fraction of sp³-hybridized carbons (Fsp3) is 0.462. The number of carbonyl (C=O) groups is 1. The van der Waals surface area contributed by atoms with Crippen LogP contribution >= 0.6 is 12.2 Å². The van der Waals surface area contributed by atoms with E-state index in [9.17, 15) is 23.1 Å². The van der Waals surface area contributed by atoms with Crippen LogP contribution in [0.15, 0.2) is 64.9 Å². The highest BCUT2D eigenvalue weighted by molar-refractivity contribution is 7.80. The van der Waals surface area contributed by atoms with Crippen molar-refractivity contribution in [3.63, 3.8) is 0 Å². The highest BCUT2D eigenvalue weighted by Crippen LogP contribution is 2.33. The van der Waals surface area contributed by atoms with Crippen molar-refractivity contribution in [1.29, 1.82) is 10.7 Å². The number of aryl methyl sites for hydroxylation is 1. The number of hydrogen-bond acceptors (Lipinski definition) is 7. The van der Waals surface area contributed by atoms with E-state index in [0.717, 1.165) is 18.1 Å². The summed E-state index contributed by atoms with van der Waals surface area (Å²) >= 11 is 5.48. The third-order valence-electron chi connectivity index (χ3n) is 7.56.